The molecule has 1 saturated heterocycles. The van der Waals surface area contributed by atoms with Gasteiger partial charge in [0, 0.05) is 26.2 Å². The molecule has 0 radical (unpaired) electrons. The molecule has 0 unspecified atom stereocenters. The van der Waals surface area contributed by atoms with Gasteiger partial charge in [0.05, 0.1) is 19.2 Å². The van der Waals surface area contributed by atoms with E-state index in [2.05, 4.69) is 17.0 Å². The van der Waals surface area contributed by atoms with E-state index in [0.717, 1.165) is 30.2 Å². The number of rotatable bonds is 7. The summed E-state index contributed by atoms with van der Waals surface area (Å²) in [7, 11) is 0. The molecule has 0 spiro atoms. The third kappa shape index (κ3) is 5.21. The first-order valence-corrected chi connectivity index (χ1v) is 9.86. The number of hydrogen-bond donors (Lipinski definition) is 0. The topological polar surface area (TPSA) is 45.9 Å². The van der Waals surface area contributed by atoms with Crippen molar-refractivity contribution < 1.29 is 13.9 Å². The monoisotopic (exact) mass is 368 g/mol. The molecular formula is C22H28N2O3. The third-order valence-corrected chi connectivity index (χ3v) is 5.25. The summed E-state index contributed by atoms with van der Waals surface area (Å²) in [6.45, 7) is 5.83. The average Bonchev–Trinajstić information content (AvgIpc) is 3.42. The maximum absolute atomic E-state index is 12.9. The minimum absolute atomic E-state index is 0.0387. The molecular weight excluding hydrogens is 340 g/mol. The van der Waals surface area contributed by atoms with E-state index < -0.39 is 0 Å². The van der Waals surface area contributed by atoms with Gasteiger partial charge < -0.3 is 14.1 Å². The summed E-state index contributed by atoms with van der Waals surface area (Å²) in [6, 6.07) is 14.1. The Morgan fingerprint density at radius 3 is 2.59 bits per heavy atom. The van der Waals surface area contributed by atoms with Crippen molar-refractivity contribution in [3.63, 3.8) is 0 Å². The van der Waals surface area contributed by atoms with Gasteiger partial charge in [0.15, 0.2) is 0 Å². The summed E-state index contributed by atoms with van der Waals surface area (Å²) >= 11 is 0. The van der Waals surface area contributed by atoms with Crippen molar-refractivity contribution in [2.24, 2.45) is 5.92 Å². The van der Waals surface area contributed by atoms with E-state index in [-0.39, 0.29) is 12.0 Å². The molecule has 1 aliphatic carbocycles. The Morgan fingerprint density at radius 1 is 1.07 bits per heavy atom. The second-order valence-electron chi connectivity index (χ2n) is 7.84. The second-order valence-corrected chi connectivity index (χ2v) is 7.84. The smallest absolute Gasteiger partial charge is 0.237 e. The first-order chi connectivity index (χ1) is 13.2. The Balaban J connectivity index is 1.45. The lowest BCUT2D eigenvalue weighted by molar-refractivity contribution is -0.132. The van der Waals surface area contributed by atoms with Crippen LogP contribution in [0.1, 0.15) is 29.9 Å². The molecule has 27 heavy (non-hydrogen) atoms. The largest absolute Gasteiger partial charge is 0.465 e. The van der Waals surface area contributed by atoms with Crippen molar-refractivity contribution >= 4 is 5.91 Å². The van der Waals surface area contributed by atoms with Crippen molar-refractivity contribution in [3.05, 3.63) is 59.5 Å². The molecule has 0 N–H and O–H groups in total. The van der Waals surface area contributed by atoms with E-state index in [0.29, 0.717) is 32.1 Å². The van der Waals surface area contributed by atoms with Gasteiger partial charge in [0.2, 0.25) is 5.91 Å². The quantitative estimate of drug-likeness (QED) is 0.753. The Hall–Kier alpha value is -2.11. The van der Waals surface area contributed by atoms with Gasteiger partial charge >= 0.3 is 0 Å². The average molecular weight is 368 g/mol. The van der Waals surface area contributed by atoms with Crippen LogP contribution in [0.25, 0.3) is 0 Å². The lowest BCUT2D eigenvalue weighted by Gasteiger charge is -2.25. The van der Waals surface area contributed by atoms with Crippen LogP contribution in [-0.2, 0) is 22.6 Å². The van der Waals surface area contributed by atoms with Crippen LogP contribution in [0.2, 0.25) is 0 Å². The highest BCUT2D eigenvalue weighted by Crippen LogP contribution is 2.29. The highest BCUT2D eigenvalue weighted by atomic mass is 16.5. The SMILES string of the molecule is Cc1ccc(CN2CC(=O)N(Cc3ccccc3)C[C@@H](OCC3CC3)C2)o1. The number of ether oxygens (including phenoxy) is 1. The summed E-state index contributed by atoms with van der Waals surface area (Å²) < 4.78 is 11.9. The molecule has 4 rings (SSSR count). The van der Waals surface area contributed by atoms with Crippen LogP contribution < -0.4 is 0 Å². The predicted octanol–water partition coefficient (Wildman–Crippen LogP) is 3.23. The van der Waals surface area contributed by atoms with Crippen LogP contribution in [0.3, 0.4) is 0 Å². The fourth-order valence-electron chi connectivity index (χ4n) is 3.58. The second kappa shape index (κ2) is 8.28. The molecule has 5 nitrogen and oxygen atoms in total. The van der Waals surface area contributed by atoms with Crippen molar-refractivity contribution in [1.29, 1.82) is 0 Å². The van der Waals surface area contributed by atoms with Crippen LogP contribution >= 0.6 is 0 Å². The molecule has 1 aromatic heterocycles. The fraction of sp³-hybridized carbons (Fsp3) is 0.500. The first-order valence-electron chi connectivity index (χ1n) is 9.86. The highest BCUT2D eigenvalue weighted by molar-refractivity contribution is 5.78. The van der Waals surface area contributed by atoms with Crippen molar-refractivity contribution in [1.82, 2.24) is 9.80 Å². The molecule has 2 aliphatic rings. The van der Waals surface area contributed by atoms with Crippen molar-refractivity contribution in [2.45, 2.75) is 39.0 Å². The van der Waals surface area contributed by atoms with Gasteiger partial charge in [-0.15, -0.1) is 0 Å². The van der Waals surface area contributed by atoms with Gasteiger partial charge in [-0.3, -0.25) is 9.69 Å². The molecule has 1 atom stereocenters. The number of hydrogen-bond acceptors (Lipinski definition) is 4. The number of aryl methyl sites for hydroxylation is 1. The number of nitrogens with zero attached hydrogens (tertiary/aromatic N) is 2. The van der Waals surface area contributed by atoms with Gasteiger partial charge in [-0.05, 0) is 43.4 Å². The number of carbonyl (C=O) groups excluding carboxylic acids is 1. The maximum Gasteiger partial charge on any atom is 0.237 e. The maximum atomic E-state index is 12.9. The minimum atomic E-state index is 0.0387. The fourth-order valence-corrected chi connectivity index (χ4v) is 3.58. The van der Waals surface area contributed by atoms with Crippen molar-refractivity contribution in [3.8, 4) is 0 Å². The molecule has 1 amide bonds. The Bertz CT molecular complexity index is 754. The van der Waals surface area contributed by atoms with Gasteiger partial charge in [0.1, 0.15) is 11.5 Å². The van der Waals surface area contributed by atoms with E-state index >= 15 is 0 Å². The van der Waals surface area contributed by atoms with Gasteiger partial charge in [-0.1, -0.05) is 30.3 Å². The van der Waals surface area contributed by atoms with Crippen LogP contribution in [0.4, 0.5) is 0 Å². The summed E-state index contributed by atoms with van der Waals surface area (Å²) in [5.41, 5.74) is 1.15. The zero-order valence-corrected chi connectivity index (χ0v) is 16.0. The van der Waals surface area contributed by atoms with E-state index in [9.17, 15) is 4.79 Å². The zero-order chi connectivity index (χ0) is 18.6. The molecule has 2 aromatic rings. The number of furan rings is 1. The molecule has 0 bridgehead atoms. The predicted molar refractivity (Wildman–Crippen MR) is 103 cm³/mol. The molecule has 5 heteroatoms. The van der Waals surface area contributed by atoms with Crippen LogP contribution in [0, 0.1) is 12.8 Å². The summed E-state index contributed by atoms with van der Waals surface area (Å²) in [5.74, 6) is 2.67. The minimum Gasteiger partial charge on any atom is -0.465 e. The molecule has 1 aromatic carbocycles. The van der Waals surface area contributed by atoms with Gasteiger partial charge in [0.25, 0.3) is 0 Å². The third-order valence-electron chi connectivity index (χ3n) is 5.25. The zero-order valence-electron chi connectivity index (χ0n) is 16.0. The summed E-state index contributed by atoms with van der Waals surface area (Å²) in [5, 5.41) is 0. The van der Waals surface area contributed by atoms with E-state index in [1.54, 1.807) is 0 Å². The van der Waals surface area contributed by atoms with Crippen LogP contribution in [-0.4, -0.2) is 48.1 Å². The first kappa shape index (κ1) is 18.3. The molecule has 144 valence electrons. The summed E-state index contributed by atoms with van der Waals surface area (Å²) in [4.78, 5) is 17.0. The standard InChI is InChI=1S/C22H28N2O3/c1-17-7-10-20(27-17)12-23-13-21(26-16-19-8-9-19)14-24(22(25)15-23)11-18-5-3-2-4-6-18/h2-7,10,19,21H,8-9,11-16H2,1H3/t21-/m0/s1. The molecule has 1 saturated carbocycles. The molecule has 2 fully saturated rings. The Morgan fingerprint density at radius 2 is 1.89 bits per heavy atom. The van der Waals surface area contributed by atoms with E-state index in [1.165, 1.54) is 12.8 Å². The van der Waals surface area contributed by atoms with Crippen LogP contribution in [0.5, 0.6) is 0 Å². The van der Waals surface area contributed by atoms with Crippen molar-refractivity contribution in [2.75, 3.05) is 26.2 Å². The molecule has 2 heterocycles. The normalized spacial score (nSPS) is 21.4. The van der Waals surface area contributed by atoms with Gasteiger partial charge in [-0.2, -0.15) is 0 Å². The van der Waals surface area contributed by atoms with E-state index in [4.69, 9.17) is 9.15 Å². The van der Waals surface area contributed by atoms with E-state index in [1.807, 2.05) is 42.2 Å². The highest BCUT2D eigenvalue weighted by Gasteiger charge is 2.30. The number of carbonyl (C=O) groups is 1. The van der Waals surface area contributed by atoms with Crippen LogP contribution in [0.15, 0.2) is 46.9 Å². The molecule has 1 aliphatic heterocycles. The Labute approximate surface area is 160 Å². The summed E-state index contributed by atoms with van der Waals surface area (Å²) in [6.07, 6.45) is 2.58. The Kier molecular flexibility index (Phi) is 5.60. The lowest BCUT2D eigenvalue weighted by atomic mass is 10.2. The van der Waals surface area contributed by atoms with Gasteiger partial charge in [-0.25, -0.2) is 0 Å². The lowest BCUT2D eigenvalue weighted by Crippen LogP contribution is -2.37. The number of amides is 1. The number of benzene rings is 1.